The zero-order chi connectivity index (χ0) is 33.9. The normalized spacial score (nSPS) is 22.2. The average molecular weight is 723 g/mol. The number of rotatable bonds is 16. The van der Waals surface area contributed by atoms with Crippen molar-refractivity contribution in [2.75, 3.05) is 26.4 Å². The molecule has 1 saturated heterocycles. The van der Waals surface area contributed by atoms with Crippen molar-refractivity contribution in [1.82, 2.24) is 4.90 Å². The van der Waals surface area contributed by atoms with E-state index in [0.717, 1.165) is 21.6 Å². The van der Waals surface area contributed by atoms with Crippen molar-refractivity contribution in [1.29, 1.82) is 0 Å². The lowest BCUT2D eigenvalue weighted by Crippen LogP contribution is -2.53. The SMILES string of the molecule is O=C1C=C(Br)C(O)(CCCOCC(CO)OCc2ccccc2)OC1C(Cc1ccccc1)C(=O)N1C(=O)OCC1Cc1ccccc1. The van der Waals surface area contributed by atoms with Crippen LogP contribution >= 0.6 is 15.9 Å². The van der Waals surface area contributed by atoms with Crippen molar-refractivity contribution in [2.24, 2.45) is 5.92 Å². The molecule has 0 aromatic heterocycles. The molecule has 254 valence electrons. The molecule has 2 N–H and O–H groups in total. The van der Waals surface area contributed by atoms with E-state index in [9.17, 15) is 24.6 Å². The third kappa shape index (κ3) is 9.25. The molecule has 2 aliphatic rings. The second-order valence-electron chi connectivity index (χ2n) is 11.9. The summed E-state index contributed by atoms with van der Waals surface area (Å²) >= 11 is 3.30. The summed E-state index contributed by atoms with van der Waals surface area (Å²) in [4.78, 5) is 41.8. The van der Waals surface area contributed by atoms with E-state index in [4.69, 9.17) is 18.9 Å². The Morgan fingerprint density at radius 2 is 1.58 bits per heavy atom. The maximum absolute atomic E-state index is 14.3. The van der Waals surface area contributed by atoms with Gasteiger partial charge in [0.05, 0.1) is 36.3 Å². The molecule has 0 radical (unpaired) electrons. The third-order valence-electron chi connectivity index (χ3n) is 8.38. The van der Waals surface area contributed by atoms with Crippen LogP contribution in [-0.4, -0.2) is 83.4 Å². The predicted octanol–water partition coefficient (Wildman–Crippen LogP) is 4.75. The minimum atomic E-state index is -1.92. The zero-order valence-corrected chi connectivity index (χ0v) is 28.1. The Labute approximate surface area is 288 Å². The van der Waals surface area contributed by atoms with E-state index in [-0.39, 0.29) is 43.8 Å². The van der Waals surface area contributed by atoms with Gasteiger partial charge in [-0.25, -0.2) is 9.69 Å². The van der Waals surface area contributed by atoms with Crippen molar-refractivity contribution in [3.8, 4) is 0 Å². The molecular formula is C37H40BrNO9. The number of amides is 2. The first-order valence-electron chi connectivity index (χ1n) is 16.0. The molecule has 0 saturated carbocycles. The highest BCUT2D eigenvalue weighted by atomic mass is 79.9. The lowest BCUT2D eigenvalue weighted by molar-refractivity contribution is -0.219. The summed E-state index contributed by atoms with van der Waals surface area (Å²) in [6.45, 7) is 0.501. The van der Waals surface area contributed by atoms with Crippen LogP contribution < -0.4 is 0 Å². The van der Waals surface area contributed by atoms with E-state index in [0.29, 0.717) is 19.4 Å². The number of ketones is 1. The minimum Gasteiger partial charge on any atom is -0.447 e. The van der Waals surface area contributed by atoms with Crippen molar-refractivity contribution in [2.45, 2.75) is 56.3 Å². The smallest absolute Gasteiger partial charge is 0.416 e. The van der Waals surface area contributed by atoms with Crippen LogP contribution in [0.5, 0.6) is 0 Å². The Hall–Kier alpha value is -3.71. The molecule has 3 aromatic carbocycles. The van der Waals surface area contributed by atoms with Gasteiger partial charge >= 0.3 is 6.09 Å². The minimum absolute atomic E-state index is 0.0286. The van der Waals surface area contributed by atoms with Gasteiger partial charge in [-0.3, -0.25) is 9.59 Å². The molecule has 11 heteroatoms. The Morgan fingerprint density at radius 3 is 2.23 bits per heavy atom. The number of aliphatic hydroxyl groups excluding tert-OH is 1. The van der Waals surface area contributed by atoms with Gasteiger partial charge in [0.1, 0.15) is 18.8 Å². The Balaban J connectivity index is 1.25. The number of hydrogen-bond donors (Lipinski definition) is 2. The molecule has 48 heavy (non-hydrogen) atoms. The highest BCUT2D eigenvalue weighted by Crippen LogP contribution is 2.38. The van der Waals surface area contributed by atoms with Crippen LogP contribution in [-0.2, 0) is 48.0 Å². The van der Waals surface area contributed by atoms with Crippen LogP contribution in [0.1, 0.15) is 29.5 Å². The number of cyclic esters (lactones) is 1. The number of aliphatic hydroxyl groups is 2. The molecule has 2 aliphatic heterocycles. The van der Waals surface area contributed by atoms with Crippen molar-refractivity contribution >= 4 is 33.7 Å². The first kappa shape index (κ1) is 35.6. The molecule has 5 rings (SSSR count). The van der Waals surface area contributed by atoms with E-state index in [1.165, 1.54) is 6.08 Å². The van der Waals surface area contributed by atoms with Crippen LogP contribution in [0.15, 0.2) is 102 Å². The maximum Gasteiger partial charge on any atom is 0.416 e. The molecule has 2 heterocycles. The number of benzene rings is 3. The standard InChI is InChI=1S/C37H40BrNO9/c38-33-21-32(41)34(48-37(33,44)17-10-18-45-25-30(22-40)46-23-28-15-8-3-9-16-28)31(20-27-13-6-2-7-14-27)35(42)39-29(24-47-36(39)43)19-26-11-4-1-5-12-26/h1-9,11-16,21,29-31,34,40,44H,10,17-20,22-25H2. The van der Waals surface area contributed by atoms with Crippen LogP contribution in [0.2, 0.25) is 0 Å². The first-order valence-corrected chi connectivity index (χ1v) is 16.8. The fourth-order valence-electron chi connectivity index (χ4n) is 5.81. The second-order valence-corrected chi connectivity index (χ2v) is 12.8. The summed E-state index contributed by atoms with van der Waals surface area (Å²) in [5.74, 6) is -4.17. The van der Waals surface area contributed by atoms with Gasteiger partial charge in [-0.2, -0.15) is 0 Å². The molecule has 0 aliphatic carbocycles. The van der Waals surface area contributed by atoms with Gasteiger partial charge < -0.3 is 29.2 Å². The van der Waals surface area contributed by atoms with Crippen molar-refractivity contribution in [3.05, 3.63) is 118 Å². The van der Waals surface area contributed by atoms with Gasteiger partial charge in [0.25, 0.3) is 0 Å². The van der Waals surface area contributed by atoms with E-state index in [2.05, 4.69) is 15.9 Å². The van der Waals surface area contributed by atoms with Crippen LogP contribution in [0.4, 0.5) is 4.79 Å². The van der Waals surface area contributed by atoms with E-state index >= 15 is 0 Å². The van der Waals surface area contributed by atoms with E-state index < -0.39 is 47.7 Å². The lowest BCUT2D eigenvalue weighted by Gasteiger charge is -2.38. The number of carbonyl (C=O) groups is 3. The Morgan fingerprint density at radius 1 is 0.958 bits per heavy atom. The molecule has 5 unspecified atom stereocenters. The van der Waals surface area contributed by atoms with Crippen LogP contribution in [0, 0.1) is 5.92 Å². The summed E-state index contributed by atoms with van der Waals surface area (Å²) in [6, 6.07) is 27.7. The van der Waals surface area contributed by atoms with Gasteiger partial charge in [0.15, 0.2) is 11.6 Å². The first-order chi connectivity index (χ1) is 23.3. The summed E-state index contributed by atoms with van der Waals surface area (Å²) < 4.78 is 23.0. The van der Waals surface area contributed by atoms with Crippen LogP contribution in [0.25, 0.3) is 0 Å². The lowest BCUT2D eigenvalue weighted by atomic mass is 9.87. The van der Waals surface area contributed by atoms with Gasteiger partial charge in [0.2, 0.25) is 5.91 Å². The molecule has 0 bridgehead atoms. The molecule has 3 aromatic rings. The molecule has 1 fully saturated rings. The zero-order valence-electron chi connectivity index (χ0n) is 26.5. The number of halogens is 1. The maximum atomic E-state index is 14.3. The summed E-state index contributed by atoms with van der Waals surface area (Å²) in [6.07, 6.45) is -0.595. The van der Waals surface area contributed by atoms with Crippen molar-refractivity contribution in [3.63, 3.8) is 0 Å². The van der Waals surface area contributed by atoms with E-state index in [1.807, 2.05) is 91.0 Å². The fraction of sp³-hybridized carbons (Fsp3) is 0.378. The van der Waals surface area contributed by atoms with Gasteiger partial charge in [-0.1, -0.05) is 91.0 Å². The van der Waals surface area contributed by atoms with Gasteiger partial charge in [-0.05, 0) is 58.0 Å². The van der Waals surface area contributed by atoms with Gasteiger partial charge in [0, 0.05) is 13.0 Å². The summed E-state index contributed by atoms with van der Waals surface area (Å²) in [5, 5.41) is 21.3. The van der Waals surface area contributed by atoms with E-state index in [1.54, 1.807) is 0 Å². The number of imide groups is 1. The number of nitrogens with zero attached hydrogens (tertiary/aromatic N) is 1. The second kappa shape index (κ2) is 17.1. The molecule has 5 atom stereocenters. The Bertz CT molecular complexity index is 1540. The highest BCUT2D eigenvalue weighted by Gasteiger charge is 2.49. The summed E-state index contributed by atoms with van der Waals surface area (Å²) in [7, 11) is 0. The van der Waals surface area contributed by atoms with Crippen LogP contribution in [0.3, 0.4) is 0 Å². The fourth-order valence-corrected chi connectivity index (χ4v) is 6.33. The third-order valence-corrected chi connectivity index (χ3v) is 9.23. The topological polar surface area (TPSA) is 132 Å². The number of carbonyl (C=O) groups excluding carboxylic acids is 3. The highest BCUT2D eigenvalue weighted by molar-refractivity contribution is 9.11. The summed E-state index contributed by atoms with van der Waals surface area (Å²) in [5.41, 5.74) is 2.67. The molecule has 2 amide bonds. The molecule has 10 nitrogen and oxygen atoms in total. The van der Waals surface area contributed by atoms with Crippen molar-refractivity contribution < 1.29 is 43.5 Å². The average Bonchev–Trinajstić information content (AvgIpc) is 3.47. The number of ether oxygens (including phenoxy) is 4. The van der Waals surface area contributed by atoms with Gasteiger partial charge in [-0.15, -0.1) is 0 Å². The monoisotopic (exact) mass is 721 g/mol. The number of hydrogen-bond acceptors (Lipinski definition) is 9. The Kier molecular flexibility index (Phi) is 12.7. The quantitative estimate of drug-likeness (QED) is 0.201. The predicted molar refractivity (Wildman–Crippen MR) is 180 cm³/mol. The molecular weight excluding hydrogens is 682 g/mol. The molecule has 0 spiro atoms. The largest absolute Gasteiger partial charge is 0.447 e.